The first-order valence-corrected chi connectivity index (χ1v) is 21.2. The molecule has 0 fully saturated rings. The highest BCUT2D eigenvalue weighted by atomic mass is 15.1. The molecule has 0 aliphatic heterocycles. The summed E-state index contributed by atoms with van der Waals surface area (Å²) >= 11 is 0. The Bertz CT molecular complexity index is 3510. The fraction of sp³-hybridized carbons (Fsp3) is 0.0169. The van der Waals surface area contributed by atoms with Crippen molar-refractivity contribution < 1.29 is 0 Å². The fourth-order valence-electron chi connectivity index (χ4n) is 10.5. The summed E-state index contributed by atoms with van der Waals surface area (Å²) < 4.78 is 0. The van der Waals surface area contributed by atoms with E-state index in [1.54, 1.807) is 0 Å². The molecule has 63 heavy (non-hydrogen) atoms. The van der Waals surface area contributed by atoms with Crippen LogP contribution in [0.2, 0.25) is 0 Å². The molecule has 10 aromatic rings. The molecule has 0 atom stereocenters. The van der Waals surface area contributed by atoms with E-state index >= 15 is 0 Å². The van der Waals surface area contributed by atoms with Crippen molar-refractivity contribution in [2.75, 3.05) is 9.80 Å². The molecule has 4 heteroatoms. The van der Waals surface area contributed by atoms with Crippen LogP contribution in [0, 0.1) is 22.7 Å². The van der Waals surface area contributed by atoms with Crippen molar-refractivity contribution in [3.05, 3.63) is 252 Å². The van der Waals surface area contributed by atoms with E-state index in [0.717, 1.165) is 50.3 Å². The van der Waals surface area contributed by atoms with Crippen molar-refractivity contribution in [2.24, 2.45) is 0 Å². The molecule has 10 aromatic carbocycles. The number of nitrogens with zero attached hydrogens (tertiary/aromatic N) is 4. The highest BCUT2D eigenvalue weighted by molar-refractivity contribution is 6.07. The van der Waals surface area contributed by atoms with Gasteiger partial charge in [-0.05, 0) is 151 Å². The Morgan fingerprint density at radius 1 is 0.333 bits per heavy atom. The maximum absolute atomic E-state index is 10.3. The minimum Gasteiger partial charge on any atom is -0.309 e. The molecule has 12 rings (SSSR count). The second kappa shape index (κ2) is 14.2. The Morgan fingerprint density at radius 2 is 0.825 bits per heavy atom. The molecule has 0 saturated carbocycles. The Labute approximate surface area is 366 Å². The number of rotatable bonds is 6. The van der Waals surface area contributed by atoms with Gasteiger partial charge in [0.1, 0.15) is 12.1 Å². The van der Waals surface area contributed by atoms with Gasteiger partial charge in [0.15, 0.2) is 0 Å². The van der Waals surface area contributed by atoms with Crippen LogP contribution in [0.25, 0.3) is 43.8 Å². The van der Waals surface area contributed by atoms with E-state index in [0.29, 0.717) is 11.1 Å². The van der Waals surface area contributed by atoms with Crippen LogP contribution < -0.4 is 9.80 Å². The number of hydrogen-bond acceptors (Lipinski definition) is 4. The predicted octanol–water partition coefficient (Wildman–Crippen LogP) is 15.0. The lowest BCUT2D eigenvalue weighted by molar-refractivity contribution is 0.802. The van der Waals surface area contributed by atoms with E-state index in [9.17, 15) is 10.5 Å². The Hall–Kier alpha value is -8.70. The molecular formula is C59H36N4. The quantitative estimate of drug-likeness (QED) is 0.168. The number of benzene rings is 10. The summed E-state index contributed by atoms with van der Waals surface area (Å²) in [6, 6.07) is 81.8. The van der Waals surface area contributed by atoms with Crippen molar-refractivity contribution in [3.8, 4) is 34.4 Å². The van der Waals surface area contributed by atoms with E-state index < -0.39 is 5.41 Å². The molecule has 0 aromatic heterocycles. The number of para-hydroxylation sites is 4. The molecule has 0 heterocycles. The fourth-order valence-corrected chi connectivity index (χ4v) is 10.5. The maximum atomic E-state index is 10.3. The van der Waals surface area contributed by atoms with Crippen LogP contribution in [0.15, 0.2) is 218 Å². The molecule has 0 bridgehead atoms. The predicted molar refractivity (Wildman–Crippen MR) is 257 cm³/mol. The standard InChI is InChI=1S/C59H36N4/c60-37-41-15-7-13-25-56(41)62(44-17-3-1-4-18-44)46-29-27-39-35-52-51-31-28-40-33-47(63(45-19-5-2-6-20-45)57-26-14-8-16-42(57)38-61)30-32-48(40)58(51)59(55(52)36-43(39)34-46)53-23-11-9-21-49(53)50-22-10-12-24-54(50)59/h1-36H. The summed E-state index contributed by atoms with van der Waals surface area (Å²) in [5.41, 5.74) is 16.3. The van der Waals surface area contributed by atoms with Crippen molar-refractivity contribution in [1.82, 2.24) is 0 Å². The maximum Gasteiger partial charge on any atom is 0.101 e. The van der Waals surface area contributed by atoms with Crippen LogP contribution in [-0.2, 0) is 5.41 Å². The lowest BCUT2D eigenvalue weighted by Gasteiger charge is -2.32. The lowest BCUT2D eigenvalue weighted by Crippen LogP contribution is -2.26. The molecule has 292 valence electrons. The van der Waals surface area contributed by atoms with Crippen molar-refractivity contribution in [2.45, 2.75) is 5.41 Å². The minimum atomic E-state index is -0.595. The summed E-state index contributed by atoms with van der Waals surface area (Å²) in [7, 11) is 0. The van der Waals surface area contributed by atoms with E-state index in [2.05, 4.69) is 155 Å². The molecule has 0 unspecified atom stereocenters. The molecule has 0 saturated heterocycles. The Balaban J connectivity index is 1.11. The zero-order chi connectivity index (χ0) is 42.1. The third-order valence-corrected chi connectivity index (χ3v) is 13.1. The first kappa shape index (κ1) is 36.2. The average Bonchev–Trinajstić information content (AvgIpc) is 3.81. The normalized spacial score (nSPS) is 12.5. The van der Waals surface area contributed by atoms with Crippen LogP contribution in [0.5, 0.6) is 0 Å². The molecule has 2 aliphatic carbocycles. The van der Waals surface area contributed by atoms with Crippen molar-refractivity contribution in [1.29, 1.82) is 10.5 Å². The number of nitriles is 2. The third kappa shape index (κ3) is 5.33. The van der Waals surface area contributed by atoms with Gasteiger partial charge in [-0.2, -0.15) is 10.5 Å². The monoisotopic (exact) mass is 800 g/mol. The molecule has 0 amide bonds. The highest BCUT2D eigenvalue weighted by Crippen LogP contribution is 2.64. The van der Waals surface area contributed by atoms with Crippen LogP contribution in [-0.4, -0.2) is 0 Å². The van der Waals surface area contributed by atoms with E-state index in [1.807, 2.05) is 84.9 Å². The Morgan fingerprint density at radius 3 is 1.41 bits per heavy atom. The van der Waals surface area contributed by atoms with Gasteiger partial charge < -0.3 is 9.80 Å². The minimum absolute atomic E-state index is 0.595. The molecule has 2 aliphatic rings. The van der Waals surface area contributed by atoms with Gasteiger partial charge in [-0.25, -0.2) is 0 Å². The molecular weight excluding hydrogens is 765 g/mol. The van der Waals surface area contributed by atoms with Crippen LogP contribution in [0.1, 0.15) is 33.4 Å². The second-order valence-electron chi connectivity index (χ2n) is 16.3. The topological polar surface area (TPSA) is 54.1 Å². The molecule has 4 nitrogen and oxygen atoms in total. The van der Waals surface area contributed by atoms with Crippen LogP contribution >= 0.6 is 0 Å². The number of hydrogen-bond donors (Lipinski definition) is 0. The first-order chi connectivity index (χ1) is 31.2. The zero-order valence-corrected chi connectivity index (χ0v) is 34.1. The second-order valence-corrected chi connectivity index (χ2v) is 16.3. The van der Waals surface area contributed by atoms with Gasteiger partial charge >= 0.3 is 0 Å². The first-order valence-electron chi connectivity index (χ1n) is 21.2. The van der Waals surface area contributed by atoms with Gasteiger partial charge in [0.05, 0.1) is 27.9 Å². The average molecular weight is 801 g/mol. The lowest BCUT2D eigenvalue weighted by atomic mass is 9.69. The smallest absolute Gasteiger partial charge is 0.101 e. The van der Waals surface area contributed by atoms with Gasteiger partial charge in [-0.3, -0.25) is 0 Å². The van der Waals surface area contributed by atoms with Crippen molar-refractivity contribution in [3.63, 3.8) is 0 Å². The largest absolute Gasteiger partial charge is 0.309 e. The van der Waals surface area contributed by atoms with Crippen LogP contribution in [0.4, 0.5) is 34.1 Å². The van der Waals surface area contributed by atoms with Crippen LogP contribution in [0.3, 0.4) is 0 Å². The third-order valence-electron chi connectivity index (χ3n) is 13.1. The van der Waals surface area contributed by atoms with Gasteiger partial charge in [0.25, 0.3) is 0 Å². The molecule has 0 N–H and O–H groups in total. The van der Waals surface area contributed by atoms with Gasteiger partial charge in [-0.15, -0.1) is 0 Å². The zero-order valence-electron chi connectivity index (χ0n) is 34.1. The van der Waals surface area contributed by atoms with Crippen molar-refractivity contribution >= 4 is 55.7 Å². The van der Waals surface area contributed by atoms with Gasteiger partial charge in [0, 0.05) is 22.7 Å². The summed E-state index contributed by atoms with van der Waals surface area (Å²) in [6.07, 6.45) is 0. The Kier molecular flexibility index (Phi) is 8.16. The molecule has 1 spiro atoms. The molecule has 0 radical (unpaired) electrons. The summed E-state index contributed by atoms with van der Waals surface area (Å²) in [6.45, 7) is 0. The SMILES string of the molecule is N#Cc1ccccc1N(c1ccccc1)c1ccc2cc3c(cc2c1)C1(c2ccccc2-c2ccccc21)c1c-3ccc2cc(N(c3ccccc3)c3ccccc3C#N)ccc12. The van der Waals surface area contributed by atoms with E-state index in [4.69, 9.17) is 0 Å². The van der Waals surface area contributed by atoms with E-state index in [1.165, 1.54) is 49.9 Å². The summed E-state index contributed by atoms with van der Waals surface area (Å²) in [4.78, 5) is 4.38. The summed E-state index contributed by atoms with van der Waals surface area (Å²) in [5.74, 6) is 0. The highest BCUT2D eigenvalue weighted by Gasteiger charge is 2.52. The number of fused-ring (bicyclic) bond motifs is 13. The number of anilines is 6. The van der Waals surface area contributed by atoms with Gasteiger partial charge in [0.2, 0.25) is 0 Å². The van der Waals surface area contributed by atoms with E-state index in [-0.39, 0.29) is 0 Å². The summed E-state index contributed by atoms with van der Waals surface area (Å²) in [5, 5.41) is 25.1. The van der Waals surface area contributed by atoms with Gasteiger partial charge in [-0.1, -0.05) is 133 Å².